The Morgan fingerprint density at radius 1 is 1.09 bits per heavy atom. The lowest BCUT2D eigenvalue weighted by Crippen LogP contribution is -2.52. The van der Waals surface area contributed by atoms with E-state index in [9.17, 15) is 14.4 Å². The van der Waals surface area contributed by atoms with Gasteiger partial charge in [0.15, 0.2) is 0 Å². The summed E-state index contributed by atoms with van der Waals surface area (Å²) in [6, 6.07) is 13.2. The number of anilines is 1. The maximum atomic E-state index is 13.2. The summed E-state index contributed by atoms with van der Waals surface area (Å²) in [6.45, 7) is 1.10. The molecule has 1 aliphatic carbocycles. The third-order valence-corrected chi connectivity index (χ3v) is 8.78. The summed E-state index contributed by atoms with van der Waals surface area (Å²) in [6.07, 6.45) is 12.3. The van der Waals surface area contributed by atoms with Gasteiger partial charge in [-0.05, 0) is 62.3 Å². The quantitative estimate of drug-likeness (QED) is 0.196. The van der Waals surface area contributed by atoms with Crippen LogP contribution in [0.2, 0.25) is 0 Å². The van der Waals surface area contributed by atoms with Crippen molar-refractivity contribution in [2.45, 2.75) is 70.0 Å². The Bertz CT molecular complexity index is 1600. The lowest BCUT2D eigenvalue weighted by atomic mass is 9.83. The molecule has 2 aromatic carbocycles. The smallest absolute Gasteiger partial charge is 0.255 e. The summed E-state index contributed by atoms with van der Waals surface area (Å²) in [7, 11) is 0. The number of piperidine rings is 1. The molecule has 10 nitrogen and oxygen atoms in total. The second kappa shape index (κ2) is 12.7. The number of hydrogen-bond acceptors (Lipinski definition) is 8. The highest BCUT2D eigenvalue weighted by molar-refractivity contribution is 6.09. The molecule has 43 heavy (non-hydrogen) atoms. The van der Waals surface area contributed by atoms with Crippen LogP contribution >= 0.6 is 0 Å². The standard InChI is InChI=1S/C33H37N7O3/c34-17-22(29-19-36-27-10-1-2-11-28(27)38-29)18-35-15-5-7-21-6-3-8-23(16-21)37-26-12-4-9-24-25(26)20-40(33(24)43)30-13-14-31(41)39-32(30)42/h1-2,4,9-12,17-19,21,23,30,37H,3,5-8,13-16,20,34H2,(H,39,41,42). The molecule has 222 valence electrons. The van der Waals surface area contributed by atoms with Gasteiger partial charge in [0.05, 0.1) is 22.9 Å². The number of fused-ring (bicyclic) bond motifs is 2. The average molecular weight is 580 g/mol. The first-order valence-corrected chi connectivity index (χ1v) is 15.2. The van der Waals surface area contributed by atoms with Crippen LogP contribution in [0, 0.1) is 5.92 Å². The number of benzene rings is 2. The molecule has 3 heterocycles. The number of aliphatic imine (C=N–C) groups is 1. The highest BCUT2D eigenvalue weighted by Gasteiger charge is 2.40. The molecule has 6 rings (SSSR count). The number of nitrogens with zero attached hydrogens (tertiary/aromatic N) is 4. The summed E-state index contributed by atoms with van der Waals surface area (Å²) >= 11 is 0. The van der Waals surface area contributed by atoms with Crippen LogP contribution in [0.25, 0.3) is 16.6 Å². The summed E-state index contributed by atoms with van der Waals surface area (Å²) in [5.74, 6) is -0.199. The molecule has 0 radical (unpaired) electrons. The monoisotopic (exact) mass is 579 g/mol. The van der Waals surface area contributed by atoms with Crippen molar-refractivity contribution in [3.05, 3.63) is 71.7 Å². The van der Waals surface area contributed by atoms with Gasteiger partial charge in [0.1, 0.15) is 6.04 Å². The zero-order valence-electron chi connectivity index (χ0n) is 24.2. The van der Waals surface area contributed by atoms with E-state index in [0.29, 0.717) is 36.2 Å². The number of para-hydroxylation sites is 2. The van der Waals surface area contributed by atoms with E-state index in [1.54, 1.807) is 17.3 Å². The summed E-state index contributed by atoms with van der Waals surface area (Å²) in [5.41, 5.74) is 11.6. The maximum absolute atomic E-state index is 13.2. The molecule has 2 aliphatic heterocycles. The lowest BCUT2D eigenvalue weighted by Gasteiger charge is -2.31. The zero-order chi connectivity index (χ0) is 29.8. The molecule has 1 saturated heterocycles. The number of carbonyl (C=O) groups excluding carboxylic acids is 3. The normalized spacial score (nSPS) is 22.7. The number of aromatic nitrogens is 2. The molecule has 3 amide bonds. The third kappa shape index (κ3) is 6.28. The van der Waals surface area contributed by atoms with Crippen molar-refractivity contribution in [3.63, 3.8) is 0 Å². The number of nitrogens with two attached hydrogens (primary N) is 1. The molecule has 3 aliphatic rings. The Kier molecular flexibility index (Phi) is 8.44. The van der Waals surface area contributed by atoms with Gasteiger partial charge >= 0.3 is 0 Å². The van der Waals surface area contributed by atoms with Crippen molar-refractivity contribution in [1.82, 2.24) is 20.2 Å². The van der Waals surface area contributed by atoms with Crippen molar-refractivity contribution in [1.29, 1.82) is 0 Å². The number of imide groups is 1. The first-order chi connectivity index (χ1) is 21.0. The van der Waals surface area contributed by atoms with Crippen molar-refractivity contribution in [2.75, 3.05) is 11.9 Å². The summed E-state index contributed by atoms with van der Waals surface area (Å²) < 4.78 is 0. The van der Waals surface area contributed by atoms with Gasteiger partial charge in [0.2, 0.25) is 11.8 Å². The van der Waals surface area contributed by atoms with E-state index in [4.69, 9.17) is 5.73 Å². The first kappa shape index (κ1) is 28.5. The van der Waals surface area contributed by atoms with Gasteiger partial charge in [-0.15, -0.1) is 0 Å². The molecular formula is C33H37N7O3. The molecule has 0 spiro atoms. The number of amides is 3. The minimum atomic E-state index is -0.607. The van der Waals surface area contributed by atoms with E-state index in [2.05, 4.69) is 25.6 Å². The van der Waals surface area contributed by atoms with Crippen LogP contribution in [0.5, 0.6) is 0 Å². The molecule has 10 heteroatoms. The van der Waals surface area contributed by atoms with Gasteiger partial charge < -0.3 is 16.0 Å². The Morgan fingerprint density at radius 2 is 1.95 bits per heavy atom. The fourth-order valence-electron chi connectivity index (χ4n) is 6.55. The second-order valence-electron chi connectivity index (χ2n) is 11.6. The Morgan fingerprint density at radius 3 is 2.79 bits per heavy atom. The van der Waals surface area contributed by atoms with Crippen LogP contribution in [0.3, 0.4) is 0 Å². The topological polar surface area (TPSA) is 143 Å². The lowest BCUT2D eigenvalue weighted by molar-refractivity contribution is -0.136. The average Bonchev–Trinajstić information content (AvgIpc) is 3.35. The van der Waals surface area contributed by atoms with E-state index in [0.717, 1.165) is 66.5 Å². The molecule has 1 aromatic heterocycles. The van der Waals surface area contributed by atoms with E-state index >= 15 is 0 Å². The Labute approximate surface area is 250 Å². The third-order valence-electron chi connectivity index (χ3n) is 8.78. The summed E-state index contributed by atoms with van der Waals surface area (Å²) in [4.78, 5) is 52.6. The molecule has 3 atom stereocenters. The van der Waals surface area contributed by atoms with Crippen molar-refractivity contribution >= 4 is 46.2 Å². The zero-order valence-corrected chi connectivity index (χ0v) is 24.2. The van der Waals surface area contributed by atoms with E-state index in [1.807, 2.05) is 42.5 Å². The van der Waals surface area contributed by atoms with Crippen LogP contribution < -0.4 is 16.4 Å². The van der Waals surface area contributed by atoms with Crippen LogP contribution in [0.1, 0.15) is 73.0 Å². The van der Waals surface area contributed by atoms with Gasteiger partial charge in [-0.3, -0.25) is 29.7 Å². The number of hydrogen-bond donors (Lipinski definition) is 3. The van der Waals surface area contributed by atoms with Gasteiger partial charge in [-0.2, -0.15) is 0 Å². The fraction of sp³-hybridized carbons (Fsp3) is 0.394. The molecule has 4 N–H and O–H groups in total. The summed E-state index contributed by atoms with van der Waals surface area (Å²) in [5, 5.41) is 6.11. The SMILES string of the molecule is NC=C(C=NCCCC1CCCC(Nc2cccc3c2CN(C2CCC(=O)NC2=O)C3=O)C1)c1cnc2ccccc2n1. The Balaban J connectivity index is 1.01. The highest BCUT2D eigenvalue weighted by atomic mass is 16.2. The molecule has 3 unspecified atom stereocenters. The molecule has 3 aromatic rings. The van der Waals surface area contributed by atoms with Crippen molar-refractivity contribution in [3.8, 4) is 0 Å². The van der Waals surface area contributed by atoms with E-state index in [-0.39, 0.29) is 24.1 Å². The van der Waals surface area contributed by atoms with E-state index in [1.165, 1.54) is 12.6 Å². The number of rotatable bonds is 9. The first-order valence-electron chi connectivity index (χ1n) is 15.2. The number of nitrogens with one attached hydrogen (secondary N) is 2. The predicted molar refractivity (Wildman–Crippen MR) is 166 cm³/mol. The van der Waals surface area contributed by atoms with E-state index < -0.39 is 6.04 Å². The minimum absolute atomic E-state index is 0.143. The van der Waals surface area contributed by atoms with Gasteiger partial charge in [-0.25, -0.2) is 4.98 Å². The second-order valence-corrected chi connectivity index (χ2v) is 11.6. The van der Waals surface area contributed by atoms with Gasteiger partial charge in [0.25, 0.3) is 5.91 Å². The van der Waals surface area contributed by atoms with Crippen LogP contribution in [0.15, 0.2) is 59.9 Å². The Hall–Kier alpha value is -4.60. The molecular weight excluding hydrogens is 542 g/mol. The van der Waals surface area contributed by atoms with Crippen molar-refractivity contribution in [2.24, 2.45) is 16.6 Å². The number of carbonyl (C=O) groups is 3. The van der Waals surface area contributed by atoms with Gasteiger partial charge in [-0.1, -0.05) is 31.0 Å². The highest BCUT2D eigenvalue weighted by Crippen LogP contribution is 2.35. The van der Waals surface area contributed by atoms with Crippen LogP contribution in [-0.2, 0) is 16.1 Å². The minimum Gasteiger partial charge on any atom is -0.404 e. The number of allylic oxidation sites excluding steroid dienone is 1. The van der Waals surface area contributed by atoms with Crippen LogP contribution in [-0.4, -0.2) is 57.4 Å². The molecule has 2 fully saturated rings. The maximum Gasteiger partial charge on any atom is 0.255 e. The molecule has 1 saturated carbocycles. The fourth-order valence-corrected chi connectivity index (χ4v) is 6.55. The van der Waals surface area contributed by atoms with Gasteiger partial charge in [0, 0.05) is 60.4 Å². The van der Waals surface area contributed by atoms with Crippen molar-refractivity contribution < 1.29 is 14.4 Å². The van der Waals surface area contributed by atoms with Crippen LogP contribution in [0.4, 0.5) is 5.69 Å². The predicted octanol–water partition coefficient (Wildman–Crippen LogP) is 4.21. The molecule has 0 bridgehead atoms. The largest absolute Gasteiger partial charge is 0.404 e.